The molecule has 4 aromatic rings. The summed E-state index contributed by atoms with van der Waals surface area (Å²) in [5.74, 6) is -0.0557. The molecule has 184 valence electrons. The van der Waals surface area contributed by atoms with Gasteiger partial charge in [0.2, 0.25) is 6.41 Å². The quantitative estimate of drug-likeness (QED) is 0.415. The van der Waals surface area contributed by atoms with Crippen molar-refractivity contribution in [2.24, 2.45) is 0 Å². The molecule has 2 aliphatic heterocycles. The Morgan fingerprint density at radius 1 is 1.00 bits per heavy atom. The fourth-order valence-corrected chi connectivity index (χ4v) is 6.88. The van der Waals surface area contributed by atoms with Crippen LogP contribution in [0, 0.1) is 0 Å². The van der Waals surface area contributed by atoms with Gasteiger partial charge in [-0.25, -0.2) is 13.4 Å². The van der Waals surface area contributed by atoms with E-state index in [1.54, 1.807) is 12.4 Å². The standard InChI is InChI=1S/C26H26N6O3S/c1-36(34,35)24-23(18-11-19-8-9-20(12-18)31(19)15-33)30-26-21(14-29-32(26)25(24)27)17-7-10-22(28-13-17)16-5-3-2-4-6-16/h2-7,10,13-15,18-20H,8-9,11-12,27H2,1H3/t18?,19-,20?/m0/s1. The van der Waals surface area contributed by atoms with Crippen molar-refractivity contribution in [3.05, 3.63) is 60.6 Å². The lowest BCUT2D eigenvalue weighted by atomic mass is 9.88. The minimum atomic E-state index is -3.67. The minimum Gasteiger partial charge on any atom is -0.382 e. The van der Waals surface area contributed by atoms with Crippen LogP contribution >= 0.6 is 0 Å². The van der Waals surface area contributed by atoms with E-state index in [1.807, 2.05) is 47.4 Å². The molecule has 0 saturated carbocycles. The number of benzene rings is 1. The topological polar surface area (TPSA) is 124 Å². The molecule has 1 aromatic carbocycles. The zero-order chi connectivity index (χ0) is 25.0. The van der Waals surface area contributed by atoms with Crippen molar-refractivity contribution in [3.63, 3.8) is 0 Å². The van der Waals surface area contributed by atoms with Gasteiger partial charge in [-0.2, -0.15) is 9.61 Å². The van der Waals surface area contributed by atoms with Crippen LogP contribution in [0.25, 0.3) is 28.0 Å². The summed E-state index contributed by atoms with van der Waals surface area (Å²) in [5, 5.41) is 4.39. The second-order valence-electron chi connectivity index (χ2n) is 9.68. The number of pyridine rings is 1. The van der Waals surface area contributed by atoms with E-state index in [4.69, 9.17) is 10.7 Å². The smallest absolute Gasteiger partial charge is 0.210 e. The van der Waals surface area contributed by atoms with Gasteiger partial charge < -0.3 is 10.6 Å². The molecule has 1 amide bonds. The number of nitrogens with zero attached hydrogens (tertiary/aromatic N) is 5. The number of nitrogens with two attached hydrogens (primary N) is 1. The van der Waals surface area contributed by atoms with Crippen LogP contribution < -0.4 is 5.73 Å². The Kier molecular flexibility index (Phi) is 5.29. The van der Waals surface area contributed by atoms with Gasteiger partial charge in [0, 0.05) is 47.1 Å². The van der Waals surface area contributed by atoms with Crippen molar-refractivity contribution < 1.29 is 13.2 Å². The molecule has 3 aromatic heterocycles. The van der Waals surface area contributed by atoms with Crippen molar-refractivity contribution >= 4 is 27.7 Å². The summed E-state index contributed by atoms with van der Waals surface area (Å²) in [6.07, 6.45) is 8.65. The van der Waals surface area contributed by atoms with E-state index in [-0.39, 0.29) is 28.7 Å². The number of hydrogen-bond donors (Lipinski definition) is 1. The molecule has 9 nitrogen and oxygen atoms in total. The first kappa shape index (κ1) is 22.7. The molecule has 2 fully saturated rings. The number of amides is 1. The van der Waals surface area contributed by atoms with E-state index in [9.17, 15) is 13.2 Å². The number of carbonyl (C=O) groups excluding carboxylic acids is 1. The second kappa shape index (κ2) is 8.41. The van der Waals surface area contributed by atoms with Gasteiger partial charge in [0.1, 0.15) is 10.7 Å². The molecule has 6 rings (SSSR count). The molecule has 2 saturated heterocycles. The molecule has 0 spiro atoms. The molecule has 36 heavy (non-hydrogen) atoms. The van der Waals surface area contributed by atoms with E-state index in [1.165, 1.54) is 4.52 Å². The first-order chi connectivity index (χ1) is 17.3. The molecular weight excluding hydrogens is 476 g/mol. The van der Waals surface area contributed by atoms with Gasteiger partial charge in [0.15, 0.2) is 15.5 Å². The van der Waals surface area contributed by atoms with Gasteiger partial charge in [0.05, 0.1) is 17.6 Å². The van der Waals surface area contributed by atoms with Gasteiger partial charge in [-0.1, -0.05) is 36.4 Å². The molecule has 5 heterocycles. The van der Waals surface area contributed by atoms with E-state index < -0.39 is 9.84 Å². The summed E-state index contributed by atoms with van der Waals surface area (Å²) >= 11 is 0. The Morgan fingerprint density at radius 3 is 2.33 bits per heavy atom. The summed E-state index contributed by atoms with van der Waals surface area (Å²) in [7, 11) is -3.67. The van der Waals surface area contributed by atoms with Crippen LogP contribution in [0.2, 0.25) is 0 Å². The monoisotopic (exact) mass is 502 g/mol. The molecular formula is C26H26N6O3S. The maximum Gasteiger partial charge on any atom is 0.210 e. The molecule has 2 aliphatic rings. The summed E-state index contributed by atoms with van der Waals surface area (Å²) in [6.45, 7) is 0. The van der Waals surface area contributed by atoms with Crippen LogP contribution in [0.15, 0.2) is 59.8 Å². The van der Waals surface area contributed by atoms with Crippen molar-refractivity contribution in [3.8, 4) is 22.4 Å². The third-order valence-corrected chi connectivity index (χ3v) is 8.64. The van der Waals surface area contributed by atoms with E-state index in [0.29, 0.717) is 24.2 Å². The average molecular weight is 503 g/mol. The summed E-state index contributed by atoms with van der Waals surface area (Å²) in [5.41, 5.74) is 10.8. The van der Waals surface area contributed by atoms with Gasteiger partial charge >= 0.3 is 0 Å². The maximum absolute atomic E-state index is 12.9. The van der Waals surface area contributed by atoms with Crippen molar-refractivity contribution in [1.29, 1.82) is 0 Å². The first-order valence-corrected chi connectivity index (χ1v) is 13.9. The fourth-order valence-electron chi connectivity index (χ4n) is 5.82. The number of carbonyl (C=O) groups is 1. The van der Waals surface area contributed by atoms with Crippen LogP contribution in [-0.2, 0) is 14.6 Å². The Morgan fingerprint density at radius 2 is 1.72 bits per heavy atom. The van der Waals surface area contributed by atoms with E-state index in [0.717, 1.165) is 47.9 Å². The van der Waals surface area contributed by atoms with Crippen molar-refractivity contribution in [2.45, 2.75) is 48.6 Å². The Balaban J connectivity index is 1.46. The van der Waals surface area contributed by atoms with Crippen molar-refractivity contribution in [2.75, 3.05) is 12.0 Å². The van der Waals surface area contributed by atoms with Crippen LogP contribution in [0.1, 0.15) is 37.3 Å². The predicted molar refractivity (Wildman–Crippen MR) is 136 cm³/mol. The molecule has 0 radical (unpaired) electrons. The lowest BCUT2D eigenvalue weighted by molar-refractivity contribution is -0.122. The number of rotatable bonds is 5. The molecule has 2 bridgehead atoms. The molecule has 2 unspecified atom stereocenters. The highest BCUT2D eigenvalue weighted by Crippen LogP contribution is 2.44. The predicted octanol–water partition coefficient (Wildman–Crippen LogP) is 3.31. The molecule has 10 heteroatoms. The number of hydrogen-bond acceptors (Lipinski definition) is 7. The third-order valence-electron chi connectivity index (χ3n) is 7.48. The summed E-state index contributed by atoms with van der Waals surface area (Å²) in [6, 6.07) is 14.0. The largest absolute Gasteiger partial charge is 0.382 e. The summed E-state index contributed by atoms with van der Waals surface area (Å²) < 4.78 is 27.1. The lowest BCUT2D eigenvalue weighted by Gasteiger charge is -2.36. The van der Waals surface area contributed by atoms with Gasteiger partial charge in [-0.3, -0.25) is 9.78 Å². The van der Waals surface area contributed by atoms with Gasteiger partial charge in [0.25, 0.3) is 0 Å². The number of anilines is 1. The molecule has 3 atom stereocenters. The fraction of sp³-hybridized carbons (Fsp3) is 0.308. The van der Waals surface area contributed by atoms with Crippen LogP contribution in [0.3, 0.4) is 0 Å². The number of piperidine rings is 1. The van der Waals surface area contributed by atoms with Crippen LogP contribution in [0.5, 0.6) is 0 Å². The van der Waals surface area contributed by atoms with E-state index >= 15 is 0 Å². The zero-order valence-corrected chi connectivity index (χ0v) is 20.6. The second-order valence-corrected chi connectivity index (χ2v) is 11.6. The van der Waals surface area contributed by atoms with Crippen LogP contribution in [-0.4, -0.2) is 57.6 Å². The first-order valence-electron chi connectivity index (χ1n) is 12.0. The highest BCUT2D eigenvalue weighted by atomic mass is 32.2. The number of fused-ring (bicyclic) bond motifs is 3. The highest BCUT2D eigenvalue weighted by Gasteiger charge is 2.42. The zero-order valence-electron chi connectivity index (χ0n) is 19.8. The molecule has 0 aliphatic carbocycles. The molecule has 2 N–H and O–H groups in total. The number of aromatic nitrogens is 4. The number of sulfone groups is 1. The van der Waals surface area contributed by atoms with Crippen LogP contribution in [0.4, 0.5) is 5.82 Å². The maximum atomic E-state index is 12.9. The van der Waals surface area contributed by atoms with Gasteiger partial charge in [-0.15, -0.1) is 0 Å². The lowest BCUT2D eigenvalue weighted by Crippen LogP contribution is -2.41. The minimum absolute atomic E-state index is 0.0335. The normalized spacial score (nSPS) is 21.7. The van der Waals surface area contributed by atoms with Gasteiger partial charge in [-0.05, 0) is 31.7 Å². The average Bonchev–Trinajstić information content (AvgIpc) is 3.41. The highest BCUT2D eigenvalue weighted by molar-refractivity contribution is 7.91. The number of nitrogen functional groups attached to an aromatic ring is 1. The Hall–Kier alpha value is -3.79. The third kappa shape index (κ3) is 3.63. The van der Waals surface area contributed by atoms with E-state index in [2.05, 4.69) is 10.1 Å². The van der Waals surface area contributed by atoms with Crippen molar-refractivity contribution in [1.82, 2.24) is 24.5 Å². The summed E-state index contributed by atoms with van der Waals surface area (Å²) in [4.78, 5) is 23.0. The Bertz CT molecular complexity index is 1550. The Labute approximate surface area is 208 Å². The SMILES string of the molecule is CS(=O)(=O)c1c(C2CC3CC[C@@H](C2)N3C=O)nc2c(-c3ccc(-c4ccccc4)nc3)cnn2c1N.